The van der Waals surface area contributed by atoms with Gasteiger partial charge in [-0.1, -0.05) is 38.5 Å². The van der Waals surface area contributed by atoms with Crippen molar-refractivity contribution in [2.45, 2.75) is 64.5 Å². The highest BCUT2D eigenvalue weighted by Crippen LogP contribution is 2.35. The lowest BCUT2D eigenvalue weighted by molar-refractivity contribution is -0.123. The molecule has 22 heavy (non-hydrogen) atoms. The van der Waals surface area contributed by atoms with Crippen molar-refractivity contribution in [3.63, 3.8) is 0 Å². The monoisotopic (exact) mass is 300 g/mol. The molecule has 0 saturated heterocycles. The number of carbonyl (C=O) groups is 1. The Morgan fingerprint density at radius 1 is 1.36 bits per heavy atom. The minimum Gasteiger partial charge on any atom is -0.349 e. The maximum Gasteiger partial charge on any atom is 0.223 e. The molecule has 3 nitrogen and oxygen atoms in total. The van der Waals surface area contributed by atoms with E-state index in [0.717, 1.165) is 38.5 Å². The second kappa shape index (κ2) is 6.41. The third-order valence-electron chi connectivity index (χ3n) is 5.39. The van der Waals surface area contributed by atoms with Gasteiger partial charge in [-0.15, -0.1) is 0 Å². The van der Waals surface area contributed by atoms with Crippen LogP contribution in [-0.4, -0.2) is 5.91 Å². The van der Waals surface area contributed by atoms with Gasteiger partial charge >= 0.3 is 0 Å². The molecule has 0 radical (unpaired) electrons. The molecule has 1 saturated carbocycles. The SMILES string of the molecule is CCC(C)C(N)c1ccc2c(c1)C(NC(=O)C1CC1)CCC2. The van der Waals surface area contributed by atoms with Gasteiger partial charge in [-0.25, -0.2) is 0 Å². The molecule has 0 heterocycles. The summed E-state index contributed by atoms with van der Waals surface area (Å²) in [5.41, 5.74) is 10.3. The summed E-state index contributed by atoms with van der Waals surface area (Å²) >= 11 is 0. The van der Waals surface area contributed by atoms with Gasteiger partial charge in [-0.05, 0) is 54.7 Å². The number of benzene rings is 1. The predicted octanol–water partition coefficient (Wildman–Crippen LogP) is 3.64. The Morgan fingerprint density at radius 2 is 2.14 bits per heavy atom. The Kier molecular flexibility index (Phi) is 4.53. The van der Waals surface area contributed by atoms with E-state index < -0.39 is 0 Å². The van der Waals surface area contributed by atoms with E-state index in [0.29, 0.717) is 5.92 Å². The highest BCUT2D eigenvalue weighted by Gasteiger charge is 2.32. The fraction of sp³-hybridized carbons (Fsp3) is 0.632. The van der Waals surface area contributed by atoms with E-state index in [9.17, 15) is 4.79 Å². The van der Waals surface area contributed by atoms with E-state index in [1.165, 1.54) is 16.7 Å². The Labute approximate surface area is 133 Å². The summed E-state index contributed by atoms with van der Waals surface area (Å²) in [4.78, 5) is 12.1. The smallest absolute Gasteiger partial charge is 0.223 e. The average molecular weight is 300 g/mol. The van der Waals surface area contributed by atoms with Gasteiger partial charge in [0.25, 0.3) is 0 Å². The highest BCUT2D eigenvalue weighted by molar-refractivity contribution is 5.81. The van der Waals surface area contributed by atoms with Crippen molar-refractivity contribution >= 4 is 5.91 Å². The molecule has 0 aromatic heterocycles. The van der Waals surface area contributed by atoms with Gasteiger partial charge in [0.1, 0.15) is 0 Å². The molecule has 120 valence electrons. The van der Waals surface area contributed by atoms with Crippen molar-refractivity contribution in [1.82, 2.24) is 5.32 Å². The van der Waals surface area contributed by atoms with Crippen molar-refractivity contribution in [2.75, 3.05) is 0 Å². The number of carbonyl (C=O) groups excluding carboxylic acids is 1. The van der Waals surface area contributed by atoms with Crippen molar-refractivity contribution < 1.29 is 4.79 Å². The molecular weight excluding hydrogens is 272 g/mol. The third kappa shape index (κ3) is 3.19. The first kappa shape index (κ1) is 15.5. The number of amides is 1. The normalized spacial score (nSPS) is 23.5. The number of aryl methyl sites for hydroxylation is 1. The van der Waals surface area contributed by atoms with Crippen molar-refractivity contribution in [2.24, 2.45) is 17.6 Å². The van der Waals surface area contributed by atoms with E-state index in [1.54, 1.807) is 0 Å². The van der Waals surface area contributed by atoms with Crippen molar-refractivity contribution in [3.8, 4) is 0 Å². The fourth-order valence-corrected chi connectivity index (χ4v) is 3.39. The molecule has 1 amide bonds. The molecule has 0 aliphatic heterocycles. The molecule has 3 atom stereocenters. The first-order valence-corrected chi connectivity index (χ1v) is 8.78. The second-order valence-electron chi connectivity index (χ2n) is 7.10. The van der Waals surface area contributed by atoms with Crippen LogP contribution in [0.15, 0.2) is 18.2 Å². The number of hydrogen-bond donors (Lipinski definition) is 2. The lowest BCUT2D eigenvalue weighted by Gasteiger charge is -2.28. The van der Waals surface area contributed by atoms with E-state index >= 15 is 0 Å². The topological polar surface area (TPSA) is 55.1 Å². The molecule has 3 N–H and O–H groups in total. The van der Waals surface area contributed by atoms with Gasteiger partial charge in [0.2, 0.25) is 5.91 Å². The summed E-state index contributed by atoms with van der Waals surface area (Å²) in [5.74, 6) is 0.992. The summed E-state index contributed by atoms with van der Waals surface area (Å²) in [5, 5.41) is 3.27. The Balaban J connectivity index is 1.82. The van der Waals surface area contributed by atoms with E-state index in [4.69, 9.17) is 5.73 Å². The summed E-state index contributed by atoms with van der Waals surface area (Å²) in [7, 11) is 0. The van der Waals surface area contributed by atoms with Gasteiger partial charge < -0.3 is 11.1 Å². The lowest BCUT2D eigenvalue weighted by atomic mass is 9.84. The van der Waals surface area contributed by atoms with Crippen LogP contribution in [0.1, 0.15) is 74.7 Å². The van der Waals surface area contributed by atoms with Crippen molar-refractivity contribution in [1.29, 1.82) is 0 Å². The zero-order valence-electron chi connectivity index (χ0n) is 13.8. The molecule has 0 spiro atoms. The average Bonchev–Trinajstić information content (AvgIpc) is 3.38. The van der Waals surface area contributed by atoms with Crippen LogP contribution in [-0.2, 0) is 11.2 Å². The first-order valence-electron chi connectivity index (χ1n) is 8.78. The third-order valence-corrected chi connectivity index (χ3v) is 5.39. The van der Waals surface area contributed by atoms with Crippen LogP contribution in [0.5, 0.6) is 0 Å². The Bertz CT molecular complexity index is 550. The summed E-state index contributed by atoms with van der Waals surface area (Å²) in [6.45, 7) is 4.39. The maximum atomic E-state index is 12.1. The highest BCUT2D eigenvalue weighted by atomic mass is 16.2. The van der Waals surface area contributed by atoms with Crippen molar-refractivity contribution in [3.05, 3.63) is 34.9 Å². The van der Waals surface area contributed by atoms with Crippen LogP contribution in [0, 0.1) is 11.8 Å². The minimum atomic E-state index is 0.0806. The molecular formula is C19H28N2O. The van der Waals surface area contributed by atoms with Gasteiger partial charge in [-0.3, -0.25) is 4.79 Å². The van der Waals surface area contributed by atoms with Crippen LogP contribution in [0.25, 0.3) is 0 Å². The number of fused-ring (bicyclic) bond motifs is 1. The predicted molar refractivity (Wildman–Crippen MR) is 89.4 cm³/mol. The molecule has 3 rings (SSSR count). The Morgan fingerprint density at radius 3 is 2.82 bits per heavy atom. The maximum absolute atomic E-state index is 12.1. The van der Waals surface area contributed by atoms with E-state index in [1.807, 2.05) is 0 Å². The summed E-state index contributed by atoms with van der Waals surface area (Å²) in [6, 6.07) is 6.92. The standard InChI is InChI=1S/C19H28N2O/c1-3-12(2)18(20)15-10-7-13-5-4-6-17(16(13)11-15)21-19(22)14-8-9-14/h7,10-12,14,17-18H,3-6,8-9,20H2,1-2H3,(H,21,22). The summed E-state index contributed by atoms with van der Waals surface area (Å²) < 4.78 is 0. The van der Waals surface area contributed by atoms with Crippen LogP contribution < -0.4 is 11.1 Å². The zero-order valence-corrected chi connectivity index (χ0v) is 13.8. The van der Waals surface area contributed by atoms with Gasteiger partial charge in [0.15, 0.2) is 0 Å². The number of rotatable bonds is 5. The molecule has 0 bridgehead atoms. The van der Waals surface area contributed by atoms with Crippen LogP contribution >= 0.6 is 0 Å². The number of nitrogens with two attached hydrogens (primary N) is 1. The quantitative estimate of drug-likeness (QED) is 0.872. The van der Waals surface area contributed by atoms with E-state index in [-0.39, 0.29) is 23.9 Å². The minimum absolute atomic E-state index is 0.0806. The Hall–Kier alpha value is -1.35. The van der Waals surface area contributed by atoms with Crippen LogP contribution in [0.2, 0.25) is 0 Å². The largest absolute Gasteiger partial charge is 0.349 e. The zero-order chi connectivity index (χ0) is 15.7. The molecule has 3 unspecified atom stereocenters. The van der Waals surface area contributed by atoms with Gasteiger partial charge in [0.05, 0.1) is 6.04 Å². The molecule has 3 heteroatoms. The molecule has 1 fully saturated rings. The molecule has 1 aromatic rings. The summed E-state index contributed by atoms with van der Waals surface area (Å²) in [6.07, 6.45) is 6.52. The number of hydrogen-bond acceptors (Lipinski definition) is 2. The second-order valence-corrected chi connectivity index (χ2v) is 7.10. The van der Waals surface area contributed by atoms with Crippen LogP contribution in [0.3, 0.4) is 0 Å². The van der Waals surface area contributed by atoms with Gasteiger partial charge in [0, 0.05) is 12.0 Å². The molecule has 1 aromatic carbocycles. The molecule has 2 aliphatic carbocycles. The molecule has 2 aliphatic rings. The lowest BCUT2D eigenvalue weighted by Crippen LogP contribution is -2.32. The first-order chi connectivity index (χ1) is 10.6. The van der Waals surface area contributed by atoms with E-state index in [2.05, 4.69) is 37.4 Å². The van der Waals surface area contributed by atoms with Crippen LogP contribution in [0.4, 0.5) is 0 Å². The fourth-order valence-electron chi connectivity index (χ4n) is 3.39. The number of nitrogens with one attached hydrogen (secondary N) is 1. The van der Waals surface area contributed by atoms with Gasteiger partial charge in [-0.2, -0.15) is 0 Å².